The zero-order chi connectivity index (χ0) is 16.9. The first-order valence-corrected chi connectivity index (χ1v) is 8.00. The molecule has 1 aliphatic heterocycles. The van der Waals surface area contributed by atoms with Crippen LogP contribution in [0.15, 0.2) is 33.9 Å². The quantitative estimate of drug-likeness (QED) is 0.603. The highest BCUT2D eigenvalue weighted by Crippen LogP contribution is 2.30. The predicted molar refractivity (Wildman–Crippen MR) is 82.4 cm³/mol. The Morgan fingerprint density at radius 1 is 1.25 bits per heavy atom. The van der Waals surface area contributed by atoms with Gasteiger partial charge in [0.05, 0.1) is 5.75 Å². The Morgan fingerprint density at radius 2 is 2.04 bits per heavy atom. The number of hydrogen-bond donors (Lipinski definition) is 2. The second-order valence-electron chi connectivity index (χ2n) is 4.78. The molecule has 1 aliphatic rings. The van der Waals surface area contributed by atoms with Gasteiger partial charge in [-0.3, -0.25) is 20.4 Å². The number of nitrogens with zero attached hydrogens (tertiary/aromatic N) is 2. The van der Waals surface area contributed by atoms with Crippen LogP contribution in [0.1, 0.15) is 5.89 Å². The minimum atomic E-state index is -0.841. The molecule has 1 atom stereocenters. The number of para-hydroxylation sites is 2. The molecule has 0 saturated carbocycles. The minimum Gasteiger partial charge on any atom is -0.485 e. The van der Waals surface area contributed by atoms with Crippen LogP contribution in [-0.4, -0.2) is 40.5 Å². The SMILES string of the molecule is Cc1nnc(SCC(=O)NNC(=O)[C@@H]2COc3ccccc3O2)o1. The molecular formula is C14H14N4O5S. The Balaban J connectivity index is 1.43. The number of aryl methyl sites for hydroxylation is 1. The van der Waals surface area contributed by atoms with Crippen LogP contribution < -0.4 is 20.3 Å². The van der Waals surface area contributed by atoms with Gasteiger partial charge < -0.3 is 13.9 Å². The van der Waals surface area contributed by atoms with Gasteiger partial charge in [0.15, 0.2) is 11.5 Å². The average Bonchev–Trinajstić information content (AvgIpc) is 3.02. The zero-order valence-electron chi connectivity index (χ0n) is 12.6. The summed E-state index contributed by atoms with van der Waals surface area (Å²) in [6.45, 7) is 1.72. The van der Waals surface area contributed by atoms with Crippen LogP contribution in [0.3, 0.4) is 0 Å². The second kappa shape index (κ2) is 7.21. The Morgan fingerprint density at radius 3 is 2.79 bits per heavy atom. The van der Waals surface area contributed by atoms with Gasteiger partial charge in [0.1, 0.15) is 6.61 Å². The number of aromatic nitrogens is 2. The summed E-state index contributed by atoms with van der Waals surface area (Å²) in [7, 11) is 0. The van der Waals surface area contributed by atoms with Crippen molar-refractivity contribution in [2.45, 2.75) is 18.3 Å². The standard InChI is InChI=1S/C14H14N4O5S/c1-8-15-18-14(22-8)24-7-12(19)16-17-13(20)11-6-21-9-4-2-3-5-10(9)23-11/h2-5,11H,6-7H2,1H3,(H,16,19)(H,17,20)/t11-/m0/s1. The minimum absolute atomic E-state index is 0.0206. The molecule has 2 N–H and O–H groups in total. The fourth-order valence-corrected chi connectivity index (χ4v) is 2.47. The highest BCUT2D eigenvalue weighted by Gasteiger charge is 2.27. The Bertz CT molecular complexity index is 750. The van der Waals surface area contributed by atoms with Crippen molar-refractivity contribution in [3.8, 4) is 11.5 Å². The number of hydrazine groups is 1. The van der Waals surface area contributed by atoms with E-state index < -0.39 is 17.9 Å². The highest BCUT2D eigenvalue weighted by atomic mass is 32.2. The Kier molecular flexibility index (Phi) is 4.85. The molecule has 2 amide bonds. The van der Waals surface area contributed by atoms with E-state index >= 15 is 0 Å². The topological polar surface area (TPSA) is 116 Å². The third kappa shape index (κ3) is 3.96. The van der Waals surface area contributed by atoms with Gasteiger partial charge in [0, 0.05) is 6.92 Å². The molecule has 1 aromatic heterocycles. The number of carbonyl (C=O) groups is 2. The van der Waals surface area contributed by atoms with Crippen molar-refractivity contribution in [2.24, 2.45) is 0 Å². The van der Waals surface area contributed by atoms with Crippen molar-refractivity contribution in [2.75, 3.05) is 12.4 Å². The van der Waals surface area contributed by atoms with E-state index in [1.807, 2.05) is 6.07 Å². The lowest BCUT2D eigenvalue weighted by Crippen LogP contribution is -2.51. The van der Waals surface area contributed by atoms with Gasteiger partial charge >= 0.3 is 0 Å². The van der Waals surface area contributed by atoms with Crippen LogP contribution >= 0.6 is 11.8 Å². The van der Waals surface area contributed by atoms with Gasteiger partial charge in [-0.25, -0.2) is 0 Å². The number of nitrogens with one attached hydrogen (secondary N) is 2. The molecule has 9 nitrogen and oxygen atoms in total. The van der Waals surface area contributed by atoms with Crippen LogP contribution in [-0.2, 0) is 9.59 Å². The number of fused-ring (bicyclic) bond motifs is 1. The van der Waals surface area contributed by atoms with E-state index in [1.54, 1.807) is 25.1 Å². The summed E-state index contributed by atoms with van der Waals surface area (Å²) in [5.74, 6) is 0.584. The van der Waals surface area contributed by atoms with E-state index in [1.165, 1.54) is 0 Å². The number of rotatable bonds is 4. The zero-order valence-corrected chi connectivity index (χ0v) is 13.5. The second-order valence-corrected chi connectivity index (χ2v) is 5.70. The van der Waals surface area contributed by atoms with Gasteiger partial charge in [0.2, 0.25) is 17.9 Å². The van der Waals surface area contributed by atoms with Crippen molar-refractivity contribution < 1.29 is 23.5 Å². The molecule has 2 aromatic rings. The van der Waals surface area contributed by atoms with Crippen molar-refractivity contribution in [3.63, 3.8) is 0 Å². The molecular weight excluding hydrogens is 336 g/mol. The number of ether oxygens (including phenoxy) is 2. The predicted octanol–water partition coefficient (Wildman–Crippen LogP) is 0.458. The molecule has 2 heterocycles. The van der Waals surface area contributed by atoms with Gasteiger partial charge in [-0.05, 0) is 12.1 Å². The van der Waals surface area contributed by atoms with Gasteiger partial charge in [-0.1, -0.05) is 23.9 Å². The number of benzene rings is 1. The summed E-state index contributed by atoms with van der Waals surface area (Å²) in [6, 6.07) is 7.05. The Labute approximate surface area is 141 Å². The molecule has 0 bridgehead atoms. The van der Waals surface area contributed by atoms with Gasteiger partial charge in [-0.2, -0.15) is 0 Å². The average molecular weight is 350 g/mol. The summed E-state index contributed by atoms with van der Waals surface area (Å²) in [4.78, 5) is 23.7. The molecule has 0 unspecified atom stereocenters. The highest BCUT2D eigenvalue weighted by molar-refractivity contribution is 7.99. The molecule has 1 aromatic carbocycles. The first-order chi connectivity index (χ1) is 11.6. The summed E-state index contributed by atoms with van der Waals surface area (Å²) in [6.07, 6.45) is -0.841. The molecule has 0 aliphatic carbocycles. The third-order valence-electron chi connectivity index (χ3n) is 2.96. The van der Waals surface area contributed by atoms with Crippen LogP contribution in [0.25, 0.3) is 0 Å². The van der Waals surface area contributed by atoms with E-state index in [0.717, 1.165) is 11.8 Å². The summed E-state index contributed by atoms with van der Waals surface area (Å²) in [5.41, 5.74) is 4.60. The molecule has 0 saturated heterocycles. The maximum Gasteiger partial charge on any atom is 0.283 e. The van der Waals surface area contributed by atoms with Crippen LogP contribution in [0.4, 0.5) is 0 Å². The number of hydrogen-bond acceptors (Lipinski definition) is 8. The maximum absolute atomic E-state index is 12.0. The van der Waals surface area contributed by atoms with Gasteiger partial charge in [-0.15, -0.1) is 10.2 Å². The lowest BCUT2D eigenvalue weighted by Gasteiger charge is -2.25. The molecule has 0 fully saturated rings. The summed E-state index contributed by atoms with van der Waals surface area (Å²) >= 11 is 1.07. The van der Waals surface area contributed by atoms with Crippen molar-refractivity contribution in [1.82, 2.24) is 21.0 Å². The van der Waals surface area contributed by atoms with E-state index in [0.29, 0.717) is 17.4 Å². The largest absolute Gasteiger partial charge is 0.485 e. The number of thioether (sulfide) groups is 1. The number of amides is 2. The van der Waals surface area contributed by atoms with E-state index in [-0.39, 0.29) is 17.6 Å². The van der Waals surface area contributed by atoms with Gasteiger partial charge in [0.25, 0.3) is 11.1 Å². The van der Waals surface area contributed by atoms with E-state index in [4.69, 9.17) is 13.9 Å². The fourth-order valence-electron chi connectivity index (χ4n) is 1.86. The van der Waals surface area contributed by atoms with Crippen molar-refractivity contribution in [1.29, 1.82) is 0 Å². The van der Waals surface area contributed by atoms with E-state index in [9.17, 15) is 9.59 Å². The van der Waals surface area contributed by atoms with Crippen molar-refractivity contribution in [3.05, 3.63) is 30.2 Å². The molecule has 0 radical (unpaired) electrons. The molecule has 126 valence electrons. The molecule has 3 rings (SSSR count). The van der Waals surface area contributed by atoms with Crippen LogP contribution in [0, 0.1) is 6.92 Å². The van der Waals surface area contributed by atoms with Crippen LogP contribution in [0.2, 0.25) is 0 Å². The molecule has 0 spiro atoms. The normalized spacial score (nSPS) is 15.6. The Hall–Kier alpha value is -2.75. The first-order valence-electron chi connectivity index (χ1n) is 7.02. The maximum atomic E-state index is 12.0. The third-order valence-corrected chi connectivity index (χ3v) is 3.78. The molecule has 10 heteroatoms. The first kappa shape index (κ1) is 16.1. The summed E-state index contributed by atoms with van der Waals surface area (Å²) < 4.78 is 16.1. The number of carbonyl (C=O) groups excluding carboxylic acids is 2. The van der Waals surface area contributed by atoms with Crippen molar-refractivity contribution >= 4 is 23.6 Å². The monoisotopic (exact) mass is 350 g/mol. The lowest BCUT2D eigenvalue weighted by molar-refractivity contribution is -0.134. The lowest BCUT2D eigenvalue weighted by atomic mass is 10.2. The smallest absolute Gasteiger partial charge is 0.283 e. The van der Waals surface area contributed by atoms with Crippen LogP contribution in [0.5, 0.6) is 11.5 Å². The summed E-state index contributed by atoms with van der Waals surface area (Å²) in [5, 5.41) is 7.69. The molecule has 24 heavy (non-hydrogen) atoms. The fraction of sp³-hybridized carbons (Fsp3) is 0.286. The van der Waals surface area contributed by atoms with E-state index in [2.05, 4.69) is 21.0 Å².